The van der Waals surface area contributed by atoms with Crippen LogP contribution >= 0.6 is 34.4 Å². The minimum atomic E-state index is 0.629. The topological polar surface area (TPSA) is 51.8 Å². The summed E-state index contributed by atoms with van der Waals surface area (Å²) in [5.41, 5.74) is 7.02. The molecule has 5 heteroatoms. The van der Waals surface area contributed by atoms with E-state index >= 15 is 0 Å². The minimum absolute atomic E-state index is 0.629. The Hall–Kier alpha value is -0.0400. The second-order valence-electron chi connectivity index (χ2n) is 4.07. The van der Waals surface area contributed by atoms with Gasteiger partial charge in [0.15, 0.2) is 0 Å². The third-order valence-corrected chi connectivity index (χ3v) is 5.05. The molecule has 0 saturated heterocycles. The molecule has 0 aromatic carbocycles. The zero-order chi connectivity index (χ0) is 12.8. The van der Waals surface area contributed by atoms with Gasteiger partial charge in [-0.15, -0.1) is 0 Å². The van der Waals surface area contributed by atoms with E-state index in [0.29, 0.717) is 11.1 Å². The van der Waals surface area contributed by atoms with Crippen LogP contribution in [-0.2, 0) is 12.2 Å². The number of anilines is 1. The van der Waals surface area contributed by atoms with Crippen molar-refractivity contribution in [1.29, 1.82) is 0 Å². The summed E-state index contributed by atoms with van der Waals surface area (Å²) in [7, 11) is 0. The molecule has 0 amide bonds. The molecule has 0 aliphatic carbocycles. The van der Waals surface area contributed by atoms with Crippen molar-refractivity contribution in [3.05, 3.63) is 15.1 Å². The summed E-state index contributed by atoms with van der Waals surface area (Å²) in [5.74, 6) is 2.35. The molecule has 0 radical (unpaired) electrons. The van der Waals surface area contributed by atoms with Crippen LogP contribution in [0.25, 0.3) is 0 Å². The number of aryl methyl sites for hydroxylation is 1. The fourth-order valence-corrected chi connectivity index (χ4v) is 2.68. The molecule has 1 aromatic heterocycles. The van der Waals surface area contributed by atoms with Crippen LogP contribution in [0, 0.1) is 3.57 Å². The number of aromatic nitrogens is 2. The fraction of sp³-hybridized carbons (Fsp3) is 0.667. The molecule has 0 fully saturated rings. The van der Waals surface area contributed by atoms with Crippen molar-refractivity contribution < 1.29 is 0 Å². The molecule has 1 atom stereocenters. The molecule has 1 aromatic rings. The van der Waals surface area contributed by atoms with Crippen molar-refractivity contribution in [2.45, 2.75) is 51.0 Å². The summed E-state index contributed by atoms with van der Waals surface area (Å²) in [5, 5.41) is 0.647. The third-order valence-electron chi connectivity index (χ3n) is 2.55. The number of rotatable bonds is 6. The quantitative estimate of drug-likeness (QED) is 0.782. The maximum Gasteiger partial charge on any atom is 0.140 e. The van der Waals surface area contributed by atoms with Crippen LogP contribution in [0.2, 0.25) is 0 Å². The summed E-state index contributed by atoms with van der Waals surface area (Å²) in [4.78, 5) is 8.97. The molecule has 1 unspecified atom stereocenters. The SMILES string of the molecule is CCCc1nc(CSC(C)CC)nc(N)c1I. The predicted molar refractivity (Wildman–Crippen MR) is 84.2 cm³/mol. The van der Waals surface area contributed by atoms with E-state index in [0.717, 1.165) is 33.7 Å². The van der Waals surface area contributed by atoms with Gasteiger partial charge >= 0.3 is 0 Å². The van der Waals surface area contributed by atoms with Gasteiger partial charge in [0.2, 0.25) is 0 Å². The van der Waals surface area contributed by atoms with E-state index in [-0.39, 0.29) is 0 Å². The Morgan fingerprint density at radius 3 is 2.65 bits per heavy atom. The Morgan fingerprint density at radius 1 is 1.35 bits per heavy atom. The van der Waals surface area contributed by atoms with Gasteiger partial charge in [0.1, 0.15) is 11.6 Å². The first-order chi connectivity index (χ1) is 8.08. The highest BCUT2D eigenvalue weighted by Crippen LogP contribution is 2.22. The van der Waals surface area contributed by atoms with E-state index < -0.39 is 0 Å². The van der Waals surface area contributed by atoms with E-state index in [1.54, 1.807) is 0 Å². The fourth-order valence-electron chi connectivity index (χ4n) is 1.37. The average Bonchev–Trinajstić information content (AvgIpc) is 2.32. The molecule has 2 N–H and O–H groups in total. The van der Waals surface area contributed by atoms with E-state index in [2.05, 4.69) is 53.3 Å². The molecule has 0 spiro atoms. The lowest BCUT2D eigenvalue weighted by atomic mass is 10.2. The monoisotopic (exact) mass is 365 g/mol. The van der Waals surface area contributed by atoms with E-state index in [1.165, 1.54) is 6.42 Å². The summed E-state index contributed by atoms with van der Waals surface area (Å²) in [6.45, 7) is 6.58. The number of nitrogens with zero attached hydrogens (tertiary/aromatic N) is 2. The number of nitrogen functional groups attached to an aromatic ring is 1. The van der Waals surface area contributed by atoms with Gasteiger partial charge in [-0.05, 0) is 35.4 Å². The Morgan fingerprint density at radius 2 is 2.06 bits per heavy atom. The van der Waals surface area contributed by atoms with Crippen LogP contribution in [0.1, 0.15) is 45.1 Å². The molecule has 0 bridgehead atoms. The van der Waals surface area contributed by atoms with Crippen molar-refractivity contribution >= 4 is 40.2 Å². The molecule has 3 nitrogen and oxygen atoms in total. The van der Waals surface area contributed by atoms with Gasteiger partial charge in [-0.1, -0.05) is 27.2 Å². The molecule has 0 saturated carbocycles. The lowest BCUT2D eigenvalue weighted by Gasteiger charge is -2.10. The minimum Gasteiger partial charge on any atom is -0.383 e. The second-order valence-corrected chi connectivity index (χ2v) is 6.57. The molecule has 96 valence electrons. The standard InChI is InChI=1S/C12H20IN3S/c1-4-6-9-11(13)12(14)16-10(15-9)7-17-8(3)5-2/h8H,4-7H2,1-3H3,(H2,14,15,16). The molecule has 1 rings (SSSR count). The van der Waals surface area contributed by atoms with Crippen LogP contribution < -0.4 is 5.73 Å². The lowest BCUT2D eigenvalue weighted by Crippen LogP contribution is -2.07. The van der Waals surface area contributed by atoms with Crippen molar-refractivity contribution in [2.75, 3.05) is 5.73 Å². The van der Waals surface area contributed by atoms with Gasteiger partial charge in [-0.3, -0.25) is 0 Å². The summed E-state index contributed by atoms with van der Waals surface area (Å²) in [6, 6.07) is 0. The largest absolute Gasteiger partial charge is 0.383 e. The highest BCUT2D eigenvalue weighted by molar-refractivity contribution is 14.1. The summed E-state index contributed by atoms with van der Waals surface area (Å²) >= 11 is 4.13. The van der Waals surface area contributed by atoms with Gasteiger partial charge in [0.05, 0.1) is 15.0 Å². The summed E-state index contributed by atoms with van der Waals surface area (Å²) in [6.07, 6.45) is 3.24. The van der Waals surface area contributed by atoms with Gasteiger partial charge in [-0.2, -0.15) is 11.8 Å². The van der Waals surface area contributed by atoms with E-state index in [1.807, 2.05) is 11.8 Å². The van der Waals surface area contributed by atoms with Gasteiger partial charge in [0, 0.05) is 5.25 Å². The van der Waals surface area contributed by atoms with Crippen LogP contribution in [0.3, 0.4) is 0 Å². The Kier molecular flexibility index (Phi) is 6.54. The molecule has 17 heavy (non-hydrogen) atoms. The van der Waals surface area contributed by atoms with Gasteiger partial charge in [-0.25, -0.2) is 9.97 Å². The molecular weight excluding hydrogens is 345 g/mol. The van der Waals surface area contributed by atoms with Crippen molar-refractivity contribution in [2.24, 2.45) is 0 Å². The number of hydrogen-bond donors (Lipinski definition) is 1. The second kappa shape index (κ2) is 7.41. The van der Waals surface area contributed by atoms with Crippen LogP contribution in [0.4, 0.5) is 5.82 Å². The number of thioether (sulfide) groups is 1. The Bertz CT molecular complexity index is 371. The lowest BCUT2D eigenvalue weighted by molar-refractivity contribution is 0.845. The van der Waals surface area contributed by atoms with Crippen molar-refractivity contribution in [3.8, 4) is 0 Å². The molecular formula is C12H20IN3S. The van der Waals surface area contributed by atoms with Gasteiger partial charge in [0.25, 0.3) is 0 Å². The predicted octanol–water partition coefficient (Wildman–Crippen LogP) is 3.65. The first kappa shape index (κ1) is 15.0. The first-order valence-corrected chi connectivity index (χ1v) is 8.13. The van der Waals surface area contributed by atoms with Crippen LogP contribution in [0.15, 0.2) is 0 Å². The molecule has 1 heterocycles. The maximum atomic E-state index is 5.92. The number of nitrogens with two attached hydrogens (primary N) is 1. The summed E-state index contributed by atoms with van der Waals surface area (Å²) < 4.78 is 1.02. The van der Waals surface area contributed by atoms with Crippen LogP contribution in [-0.4, -0.2) is 15.2 Å². The third kappa shape index (κ3) is 4.62. The Labute approximate surface area is 122 Å². The van der Waals surface area contributed by atoms with Crippen LogP contribution in [0.5, 0.6) is 0 Å². The average molecular weight is 365 g/mol. The first-order valence-electron chi connectivity index (χ1n) is 6.00. The van der Waals surface area contributed by atoms with E-state index in [4.69, 9.17) is 5.73 Å². The molecule has 0 aliphatic rings. The van der Waals surface area contributed by atoms with E-state index in [9.17, 15) is 0 Å². The normalized spacial score (nSPS) is 12.7. The zero-order valence-corrected chi connectivity index (χ0v) is 13.6. The van der Waals surface area contributed by atoms with Crippen molar-refractivity contribution in [3.63, 3.8) is 0 Å². The van der Waals surface area contributed by atoms with Crippen molar-refractivity contribution in [1.82, 2.24) is 9.97 Å². The highest BCUT2D eigenvalue weighted by Gasteiger charge is 2.10. The highest BCUT2D eigenvalue weighted by atomic mass is 127. The Balaban J connectivity index is 2.79. The van der Waals surface area contributed by atoms with Gasteiger partial charge < -0.3 is 5.73 Å². The number of halogens is 1. The smallest absolute Gasteiger partial charge is 0.140 e. The zero-order valence-electron chi connectivity index (χ0n) is 10.7. The number of hydrogen-bond acceptors (Lipinski definition) is 4. The maximum absolute atomic E-state index is 5.92. The molecule has 0 aliphatic heterocycles.